The molecule has 0 saturated heterocycles. The van der Waals surface area contributed by atoms with Crippen LogP contribution in [-0.2, 0) is 9.59 Å². The van der Waals surface area contributed by atoms with E-state index < -0.39 is 5.97 Å². The molecule has 0 saturated carbocycles. The van der Waals surface area contributed by atoms with E-state index in [0.717, 1.165) is 6.42 Å². The minimum atomic E-state index is -0.783. The summed E-state index contributed by atoms with van der Waals surface area (Å²) >= 11 is 0. The molecule has 0 aliphatic rings. The van der Waals surface area contributed by atoms with E-state index in [-0.39, 0.29) is 11.8 Å². The van der Waals surface area contributed by atoms with E-state index in [1.54, 1.807) is 6.92 Å². The number of aliphatic carboxylic acids is 1. The normalized spacial score (nSPS) is 11.1. The van der Waals surface area contributed by atoms with Gasteiger partial charge in [0, 0.05) is 6.42 Å². The van der Waals surface area contributed by atoms with Crippen molar-refractivity contribution >= 4 is 11.9 Å². The van der Waals surface area contributed by atoms with Crippen LogP contribution in [0.5, 0.6) is 0 Å². The van der Waals surface area contributed by atoms with Gasteiger partial charge in [-0.25, -0.2) is 0 Å². The number of unbranched alkanes of at least 4 members (excludes halogenated alkanes) is 1. The first-order valence-electron chi connectivity index (χ1n) is 5.46. The standard InChI is InChI=1S/C8H15NO3.C3H8/c1-6(8(11)12)4-2-3-5-7(9)10;1-3-2/h6H,2-5H2,1H3,(H2,9,10)(H,11,12);3H2,1-2H3/t6-;/m1./s1. The number of carbonyl (C=O) groups excluding carboxylic acids is 1. The first kappa shape index (κ1) is 16.4. The average molecular weight is 217 g/mol. The largest absolute Gasteiger partial charge is 0.481 e. The third kappa shape index (κ3) is 15.7. The molecule has 0 unspecified atom stereocenters. The second-order valence-electron chi connectivity index (χ2n) is 3.66. The highest BCUT2D eigenvalue weighted by molar-refractivity contribution is 5.73. The fraction of sp³-hybridized carbons (Fsp3) is 0.818. The summed E-state index contributed by atoms with van der Waals surface area (Å²) in [4.78, 5) is 20.6. The molecule has 0 aromatic rings. The zero-order valence-electron chi connectivity index (χ0n) is 9.95. The fourth-order valence-electron chi connectivity index (χ4n) is 0.873. The molecule has 0 rings (SSSR count). The Labute approximate surface area is 91.9 Å². The van der Waals surface area contributed by atoms with Crippen molar-refractivity contribution in [2.24, 2.45) is 11.7 Å². The van der Waals surface area contributed by atoms with Crippen molar-refractivity contribution < 1.29 is 14.7 Å². The highest BCUT2D eigenvalue weighted by Crippen LogP contribution is 2.08. The summed E-state index contributed by atoms with van der Waals surface area (Å²) in [5, 5.41) is 8.50. The Hall–Kier alpha value is -1.06. The van der Waals surface area contributed by atoms with Crippen LogP contribution >= 0.6 is 0 Å². The highest BCUT2D eigenvalue weighted by Gasteiger charge is 2.09. The summed E-state index contributed by atoms with van der Waals surface area (Å²) < 4.78 is 0. The predicted octanol–water partition coefficient (Wildman–Crippen LogP) is 2.17. The molecule has 0 aliphatic carbocycles. The number of hydrogen-bond donors (Lipinski definition) is 2. The fourth-order valence-corrected chi connectivity index (χ4v) is 0.873. The molecule has 15 heavy (non-hydrogen) atoms. The number of carbonyl (C=O) groups is 2. The summed E-state index contributed by atoms with van der Waals surface area (Å²) in [6.45, 7) is 5.91. The van der Waals surface area contributed by atoms with Gasteiger partial charge in [-0.1, -0.05) is 33.6 Å². The topological polar surface area (TPSA) is 80.4 Å². The minimum Gasteiger partial charge on any atom is -0.481 e. The van der Waals surface area contributed by atoms with Crippen molar-refractivity contribution in [1.29, 1.82) is 0 Å². The maximum atomic E-state index is 10.3. The summed E-state index contributed by atoms with van der Waals surface area (Å²) in [6.07, 6.45) is 3.65. The van der Waals surface area contributed by atoms with Crippen molar-refractivity contribution in [3.63, 3.8) is 0 Å². The monoisotopic (exact) mass is 217 g/mol. The Bertz CT molecular complexity index is 181. The van der Waals surface area contributed by atoms with E-state index in [4.69, 9.17) is 10.8 Å². The first-order chi connectivity index (χ1) is 6.95. The zero-order valence-corrected chi connectivity index (χ0v) is 9.95. The summed E-state index contributed by atoms with van der Waals surface area (Å²) in [6, 6.07) is 0. The van der Waals surface area contributed by atoms with Gasteiger partial charge in [0.2, 0.25) is 5.91 Å². The van der Waals surface area contributed by atoms with E-state index in [0.29, 0.717) is 19.3 Å². The Morgan fingerprint density at radius 2 is 1.73 bits per heavy atom. The van der Waals surface area contributed by atoms with E-state index in [1.165, 1.54) is 6.42 Å². The van der Waals surface area contributed by atoms with Crippen LogP contribution in [0.1, 0.15) is 52.9 Å². The average Bonchev–Trinajstić information content (AvgIpc) is 2.12. The molecular formula is C11H23NO3. The van der Waals surface area contributed by atoms with Gasteiger partial charge in [0.15, 0.2) is 0 Å². The van der Waals surface area contributed by atoms with E-state index >= 15 is 0 Å². The lowest BCUT2D eigenvalue weighted by Gasteiger charge is -2.03. The zero-order chi connectivity index (χ0) is 12.3. The molecule has 0 aliphatic heterocycles. The van der Waals surface area contributed by atoms with Crippen molar-refractivity contribution in [1.82, 2.24) is 0 Å². The van der Waals surface area contributed by atoms with Crippen LogP contribution in [0.3, 0.4) is 0 Å². The lowest BCUT2D eigenvalue weighted by molar-refractivity contribution is -0.141. The van der Waals surface area contributed by atoms with Gasteiger partial charge >= 0.3 is 5.97 Å². The molecule has 0 aromatic carbocycles. The second kappa shape index (κ2) is 11.0. The number of nitrogens with two attached hydrogens (primary N) is 1. The van der Waals surface area contributed by atoms with Gasteiger partial charge in [0.05, 0.1) is 5.92 Å². The van der Waals surface area contributed by atoms with Crippen molar-refractivity contribution in [2.45, 2.75) is 52.9 Å². The minimum absolute atomic E-state index is 0.321. The van der Waals surface area contributed by atoms with E-state index in [1.807, 2.05) is 0 Å². The number of amides is 1. The van der Waals surface area contributed by atoms with Gasteiger partial charge < -0.3 is 10.8 Å². The number of carboxylic acid groups (broad SMARTS) is 1. The van der Waals surface area contributed by atoms with E-state index in [9.17, 15) is 9.59 Å². The molecule has 0 spiro atoms. The second-order valence-corrected chi connectivity index (χ2v) is 3.66. The smallest absolute Gasteiger partial charge is 0.306 e. The van der Waals surface area contributed by atoms with Gasteiger partial charge in [-0.2, -0.15) is 0 Å². The van der Waals surface area contributed by atoms with Crippen molar-refractivity contribution in [2.75, 3.05) is 0 Å². The van der Waals surface area contributed by atoms with Crippen LogP contribution in [0.4, 0.5) is 0 Å². The molecule has 90 valence electrons. The Kier molecular flexibility index (Phi) is 12.0. The van der Waals surface area contributed by atoms with Crippen molar-refractivity contribution in [3.8, 4) is 0 Å². The van der Waals surface area contributed by atoms with E-state index in [2.05, 4.69) is 13.8 Å². The Morgan fingerprint density at radius 3 is 2.07 bits per heavy atom. The maximum Gasteiger partial charge on any atom is 0.306 e. The van der Waals surface area contributed by atoms with Crippen molar-refractivity contribution in [3.05, 3.63) is 0 Å². The van der Waals surface area contributed by atoms with Crippen LogP contribution in [0, 0.1) is 5.92 Å². The van der Waals surface area contributed by atoms with Gasteiger partial charge in [0.25, 0.3) is 0 Å². The first-order valence-corrected chi connectivity index (χ1v) is 5.46. The third-order valence-corrected chi connectivity index (χ3v) is 1.73. The van der Waals surface area contributed by atoms with Crippen LogP contribution < -0.4 is 5.73 Å². The van der Waals surface area contributed by atoms with Gasteiger partial charge in [0.1, 0.15) is 0 Å². The maximum absolute atomic E-state index is 10.3. The molecule has 0 heterocycles. The molecular weight excluding hydrogens is 194 g/mol. The molecule has 0 aromatic heterocycles. The predicted molar refractivity (Wildman–Crippen MR) is 60.4 cm³/mol. The number of carboxylic acids is 1. The molecule has 4 heteroatoms. The van der Waals surface area contributed by atoms with Crippen LogP contribution in [0.2, 0.25) is 0 Å². The van der Waals surface area contributed by atoms with Crippen LogP contribution in [-0.4, -0.2) is 17.0 Å². The SMILES string of the molecule is CCC.C[C@H](CCCCC(N)=O)C(=O)O. The quantitative estimate of drug-likeness (QED) is 0.669. The lowest BCUT2D eigenvalue weighted by atomic mass is 10.0. The third-order valence-electron chi connectivity index (χ3n) is 1.73. The summed E-state index contributed by atoms with van der Waals surface area (Å²) in [7, 11) is 0. The van der Waals surface area contributed by atoms with Gasteiger partial charge in [-0.05, 0) is 12.8 Å². The summed E-state index contributed by atoms with van der Waals surface area (Å²) in [5.41, 5.74) is 4.91. The van der Waals surface area contributed by atoms with Crippen LogP contribution in [0.25, 0.3) is 0 Å². The summed E-state index contributed by atoms with van der Waals surface area (Å²) in [5.74, 6) is -1.43. The number of hydrogen-bond acceptors (Lipinski definition) is 2. The molecule has 1 atom stereocenters. The molecule has 1 amide bonds. The molecule has 0 fully saturated rings. The van der Waals surface area contributed by atoms with Gasteiger partial charge in [-0.3, -0.25) is 9.59 Å². The van der Waals surface area contributed by atoms with Gasteiger partial charge in [-0.15, -0.1) is 0 Å². The Balaban J connectivity index is 0. The van der Waals surface area contributed by atoms with Crippen LogP contribution in [0.15, 0.2) is 0 Å². The molecule has 0 radical (unpaired) electrons. The Morgan fingerprint density at radius 1 is 1.27 bits per heavy atom. The number of rotatable bonds is 6. The molecule has 4 nitrogen and oxygen atoms in total. The molecule has 0 bridgehead atoms. The molecule has 3 N–H and O–H groups in total. The number of primary amides is 1. The highest BCUT2D eigenvalue weighted by atomic mass is 16.4. The lowest BCUT2D eigenvalue weighted by Crippen LogP contribution is -2.11.